The summed E-state index contributed by atoms with van der Waals surface area (Å²) in [5, 5.41) is 18.0. The van der Waals surface area contributed by atoms with E-state index < -0.39 is 5.54 Å². The number of aromatic nitrogens is 5. The lowest BCUT2D eigenvalue weighted by atomic mass is 9.69. The summed E-state index contributed by atoms with van der Waals surface area (Å²) in [4.78, 5) is 7.91. The molecule has 1 saturated carbocycles. The molecule has 0 spiro atoms. The Morgan fingerprint density at radius 3 is 3.00 bits per heavy atom. The molecule has 1 aliphatic carbocycles. The Balaban J connectivity index is 1.82. The zero-order valence-corrected chi connectivity index (χ0v) is 13.8. The second-order valence-corrected chi connectivity index (χ2v) is 6.61. The van der Waals surface area contributed by atoms with Crippen LogP contribution in [0.2, 0.25) is 5.15 Å². The number of nitrogens with zero attached hydrogens (tertiary/aromatic N) is 7. The summed E-state index contributed by atoms with van der Waals surface area (Å²) in [5.74, 6) is 0.254. The number of fused-ring (bicyclic) bond motifs is 1. The van der Waals surface area contributed by atoms with Crippen LogP contribution in [-0.4, -0.2) is 30.9 Å². The number of hydrogen-bond acceptors (Lipinski definition) is 5. The molecular weight excluding hydrogens is 340 g/mol. The summed E-state index contributed by atoms with van der Waals surface area (Å²) in [6.45, 7) is 7.50. The zero-order valence-electron chi connectivity index (χ0n) is 13.1. The van der Waals surface area contributed by atoms with E-state index in [2.05, 4.69) is 26.1 Å². The van der Waals surface area contributed by atoms with Crippen molar-refractivity contribution in [2.45, 2.75) is 18.4 Å². The molecule has 1 aliphatic rings. The number of nitrogen functional groups attached to an aromatic ring is 1. The number of halogens is 1. The third kappa shape index (κ3) is 2.31. The molecule has 25 heavy (non-hydrogen) atoms. The number of hydrogen-bond donors (Lipinski definition) is 1. The van der Waals surface area contributed by atoms with Crippen molar-refractivity contribution in [3.05, 3.63) is 41.2 Å². The summed E-state index contributed by atoms with van der Waals surface area (Å²) in [6, 6.07) is 4.07. The molecule has 124 valence electrons. The first-order valence-electron chi connectivity index (χ1n) is 7.65. The largest absolute Gasteiger partial charge is 0.382 e. The van der Waals surface area contributed by atoms with E-state index in [-0.39, 0.29) is 12.5 Å². The van der Waals surface area contributed by atoms with Gasteiger partial charge in [-0.05, 0) is 18.9 Å². The van der Waals surface area contributed by atoms with Gasteiger partial charge in [0.05, 0.1) is 35.5 Å². The normalized spacial score (nSPS) is 22.3. The van der Waals surface area contributed by atoms with Gasteiger partial charge in [0.15, 0.2) is 5.82 Å². The fraction of sp³-hybridized carbons (Fsp3) is 0.312. The maximum absolute atomic E-state index is 9.08. The van der Waals surface area contributed by atoms with E-state index in [0.717, 1.165) is 5.52 Å². The summed E-state index contributed by atoms with van der Waals surface area (Å²) in [6.07, 6.45) is 6.25. The van der Waals surface area contributed by atoms with Gasteiger partial charge in [0.2, 0.25) is 6.54 Å². The second kappa shape index (κ2) is 5.47. The highest BCUT2D eigenvalue weighted by atomic mass is 35.5. The zero-order chi connectivity index (χ0) is 17.6. The van der Waals surface area contributed by atoms with Gasteiger partial charge in [-0.3, -0.25) is 4.68 Å². The van der Waals surface area contributed by atoms with Crippen molar-refractivity contribution >= 4 is 22.9 Å². The molecule has 0 saturated heterocycles. The van der Waals surface area contributed by atoms with Gasteiger partial charge in [0, 0.05) is 6.20 Å². The molecule has 1 fully saturated rings. The molecule has 0 amide bonds. The standard InChI is InChI=1S/C16H13ClN8/c1-20-9-16(4-10(5-16)6-18)25-7-11(15(19)23-25)14-12-2-3-21-24(12)8-13(17)22-14/h2-3,7-8,10H,4-5,9H2,(H2,19,23). The Bertz CT molecular complexity index is 1040. The Hall–Kier alpha value is -3.10. The summed E-state index contributed by atoms with van der Waals surface area (Å²) >= 11 is 6.09. The molecule has 0 unspecified atom stereocenters. The molecule has 0 aromatic carbocycles. The summed E-state index contributed by atoms with van der Waals surface area (Å²) in [5.41, 5.74) is 7.64. The second-order valence-electron chi connectivity index (χ2n) is 6.22. The molecule has 3 aromatic rings. The first kappa shape index (κ1) is 15.4. The van der Waals surface area contributed by atoms with Crippen molar-refractivity contribution < 1.29 is 0 Å². The van der Waals surface area contributed by atoms with Crippen molar-refractivity contribution in [2.75, 3.05) is 12.3 Å². The molecular formula is C16H13ClN8. The topological polar surface area (TPSA) is 102 Å². The van der Waals surface area contributed by atoms with Gasteiger partial charge in [-0.15, -0.1) is 0 Å². The monoisotopic (exact) mass is 352 g/mol. The van der Waals surface area contributed by atoms with Gasteiger partial charge in [-0.1, -0.05) is 11.6 Å². The minimum absolute atomic E-state index is 0.0542. The van der Waals surface area contributed by atoms with Crippen LogP contribution in [0.1, 0.15) is 12.8 Å². The predicted molar refractivity (Wildman–Crippen MR) is 91.4 cm³/mol. The van der Waals surface area contributed by atoms with Crippen molar-refractivity contribution in [2.24, 2.45) is 5.92 Å². The first-order chi connectivity index (χ1) is 12.1. The molecule has 0 bridgehead atoms. The maximum atomic E-state index is 9.08. The van der Waals surface area contributed by atoms with Gasteiger partial charge < -0.3 is 10.6 Å². The van der Waals surface area contributed by atoms with Crippen LogP contribution in [0, 0.1) is 23.8 Å². The first-order valence-corrected chi connectivity index (χ1v) is 8.03. The quantitative estimate of drug-likeness (QED) is 0.729. The number of nitrogens with two attached hydrogens (primary N) is 1. The number of anilines is 1. The maximum Gasteiger partial charge on any atom is 0.239 e. The minimum atomic E-state index is -0.483. The smallest absolute Gasteiger partial charge is 0.239 e. The average Bonchev–Trinajstić information content (AvgIpc) is 3.16. The third-order valence-electron chi connectivity index (χ3n) is 4.65. The van der Waals surface area contributed by atoms with Crippen LogP contribution < -0.4 is 5.73 Å². The van der Waals surface area contributed by atoms with Crippen molar-refractivity contribution in [1.82, 2.24) is 24.4 Å². The van der Waals surface area contributed by atoms with E-state index in [4.69, 9.17) is 29.2 Å². The molecule has 3 aromatic heterocycles. The van der Waals surface area contributed by atoms with E-state index in [1.165, 1.54) is 0 Å². The van der Waals surface area contributed by atoms with E-state index in [1.807, 2.05) is 6.07 Å². The highest BCUT2D eigenvalue weighted by Crippen LogP contribution is 2.45. The highest BCUT2D eigenvalue weighted by molar-refractivity contribution is 6.29. The molecule has 0 radical (unpaired) electrons. The van der Waals surface area contributed by atoms with Crippen LogP contribution in [0.4, 0.5) is 5.82 Å². The Morgan fingerprint density at radius 2 is 2.28 bits per heavy atom. The van der Waals surface area contributed by atoms with Crippen molar-refractivity contribution in [3.8, 4) is 17.3 Å². The Kier molecular flexibility index (Phi) is 3.38. The Morgan fingerprint density at radius 1 is 1.48 bits per heavy atom. The Labute approximate surface area is 148 Å². The molecule has 2 N–H and O–H groups in total. The molecule has 3 heterocycles. The lowest BCUT2D eigenvalue weighted by Crippen LogP contribution is -2.48. The van der Waals surface area contributed by atoms with Crippen molar-refractivity contribution in [3.63, 3.8) is 0 Å². The number of rotatable bonds is 3. The fourth-order valence-electron chi connectivity index (χ4n) is 3.39. The highest BCUT2D eigenvalue weighted by Gasteiger charge is 2.50. The SMILES string of the molecule is [C-]#[N+]CC1(n2cc(-c3nc(Cl)cn4nccc34)c(N)n2)CC(C#N)C1. The summed E-state index contributed by atoms with van der Waals surface area (Å²) in [7, 11) is 0. The fourth-order valence-corrected chi connectivity index (χ4v) is 3.57. The van der Waals surface area contributed by atoms with E-state index in [9.17, 15) is 0 Å². The molecule has 9 heteroatoms. The number of nitriles is 1. The molecule has 4 rings (SSSR count). The van der Waals surface area contributed by atoms with Crippen LogP contribution >= 0.6 is 11.6 Å². The summed E-state index contributed by atoms with van der Waals surface area (Å²) < 4.78 is 3.35. The van der Waals surface area contributed by atoms with Crippen LogP contribution in [-0.2, 0) is 5.54 Å². The van der Waals surface area contributed by atoms with E-state index in [0.29, 0.717) is 35.1 Å². The lowest BCUT2D eigenvalue weighted by Gasteiger charge is -2.40. The minimum Gasteiger partial charge on any atom is -0.382 e. The van der Waals surface area contributed by atoms with Crippen LogP contribution in [0.15, 0.2) is 24.7 Å². The van der Waals surface area contributed by atoms with Crippen LogP contribution in [0.25, 0.3) is 21.6 Å². The molecule has 0 aliphatic heterocycles. The van der Waals surface area contributed by atoms with Gasteiger partial charge in [0.25, 0.3) is 0 Å². The van der Waals surface area contributed by atoms with Crippen LogP contribution in [0.5, 0.6) is 0 Å². The average molecular weight is 353 g/mol. The predicted octanol–water partition coefficient (Wildman–Crippen LogP) is 2.38. The van der Waals surface area contributed by atoms with E-state index >= 15 is 0 Å². The van der Waals surface area contributed by atoms with Gasteiger partial charge >= 0.3 is 0 Å². The third-order valence-corrected chi connectivity index (χ3v) is 4.84. The van der Waals surface area contributed by atoms with Gasteiger partial charge in [-0.25, -0.2) is 16.1 Å². The molecule has 0 atom stereocenters. The van der Waals surface area contributed by atoms with Crippen molar-refractivity contribution in [1.29, 1.82) is 5.26 Å². The van der Waals surface area contributed by atoms with Crippen LogP contribution in [0.3, 0.4) is 0 Å². The lowest BCUT2D eigenvalue weighted by molar-refractivity contribution is 0.102. The van der Waals surface area contributed by atoms with E-state index in [1.54, 1.807) is 27.8 Å². The molecule has 8 nitrogen and oxygen atoms in total. The van der Waals surface area contributed by atoms with Gasteiger partial charge in [-0.2, -0.15) is 15.5 Å². The van der Waals surface area contributed by atoms with Gasteiger partial charge in [0.1, 0.15) is 16.4 Å².